The summed E-state index contributed by atoms with van der Waals surface area (Å²) in [7, 11) is 0.0919. The third kappa shape index (κ3) is 4.50. The Bertz CT molecular complexity index is 582. The molecule has 0 heterocycles. The second-order valence-corrected chi connectivity index (χ2v) is 6.50. The summed E-state index contributed by atoms with van der Waals surface area (Å²) in [6.07, 6.45) is 0.209. The van der Waals surface area contributed by atoms with Gasteiger partial charge in [0.25, 0.3) is 0 Å². The van der Waals surface area contributed by atoms with Crippen molar-refractivity contribution in [1.82, 2.24) is 4.72 Å². The van der Waals surface area contributed by atoms with Crippen LogP contribution in [0.15, 0.2) is 23.1 Å². The fourth-order valence-electron chi connectivity index (χ4n) is 1.77. The minimum absolute atomic E-state index is 0.0562. The maximum atomic E-state index is 12.1. The first-order valence-corrected chi connectivity index (χ1v) is 7.72. The molecule has 1 aromatic carbocycles. The zero-order valence-corrected chi connectivity index (χ0v) is 12.7. The summed E-state index contributed by atoms with van der Waals surface area (Å²) in [5, 5.41) is 8.51. The van der Waals surface area contributed by atoms with Gasteiger partial charge in [-0.05, 0) is 31.0 Å². The van der Waals surface area contributed by atoms with E-state index in [0.717, 1.165) is 11.3 Å². The first-order chi connectivity index (χ1) is 9.24. The molecule has 0 amide bonds. The predicted molar refractivity (Wildman–Crippen MR) is 77.6 cm³/mol. The SMILES string of the molecule is Cc1ccc(S(=O)(=O)NCCCC(=O)O)cc1N(C)C. The highest BCUT2D eigenvalue weighted by Gasteiger charge is 2.15. The number of rotatable bonds is 7. The van der Waals surface area contributed by atoms with Gasteiger partial charge in [0.15, 0.2) is 0 Å². The van der Waals surface area contributed by atoms with E-state index in [0.29, 0.717) is 0 Å². The van der Waals surface area contributed by atoms with Crippen LogP contribution in [0.25, 0.3) is 0 Å². The first-order valence-electron chi connectivity index (χ1n) is 6.23. The molecule has 112 valence electrons. The van der Waals surface area contributed by atoms with Crippen molar-refractivity contribution < 1.29 is 18.3 Å². The van der Waals surface area contributed by atoms with Gasteiger partial charge in [0.05, 0.1) is 4.90 Å². The van der Waals surface area contributed by atoms with E-state index < -0.39 is 16.0 Å². The second kappa shape index (κ2) is 6.71. The van der Waals surface area contributed by atoms with Gasteiger partial charge in [-0.15, -0.1) is 0 Å². The van der Waals surface area contributed by atoms with Crippen molar-refractivity contribution in [3.63, 3.8) is 0 Å². The zero-order chi connectivity index (χ0) is 15.3. The molecule has 0 aliphatic rings. The number of benzene rings is 1. The molecule has 0 unspecified atom stereocenters. The molecule has 0 saturated heterocycles. The smallest absolute Gasteiger partial charge is 0.303 e. The lowest BCUT2D eigenvalue weighted by atomic mass is 10.2. The Morgan fingerprint density at radius 3 is 2.55 bits per heavy atom. The van der Waals surface area contributed by atoms with E-state index in [1.165, 1.54) is 0 Å². The van der Waals surface area contributed by atoms with Gasteiger partial charge in [0.1, 0.15) is 0 Å². The number of hydrogen-bond acceptors (Lipinski definition) is 4. The Labute approximate surface area is 119 Å². The third-order valence-electron chi connectivity index (χ3n) is 2.83. The fourth-order valence-corrected chi connectivity index (χ4v) is 2.86. The van der Waals surface area contributed by atoms with Gasteiger partial charge in [0.2, 0.25) is 10.0 Å². The molecule has 0 aromatic heterocycles. The lowest BCUT2D eigenvalue weighted by Crippen LogP contribution is -2.25. The van der Waals surface area contributed by atoms with Crippen LogP contribution >= 0.6 is 0 Å². The summed E-state index contributed by atoms with van der Waals surface area (Å²) >= 11 is 0. The van der Waals surface area contributed by atoms with Crippen molar-refractivity contribution in [2.75, 3.05) is 25.5 Å². The van der Waals surface area contributed by atoms with Gasteiger partial charge in [-0.1, -0.05) is 6.07 Å². The standard InChI is InChI=1S/C13H20N2O4S/c1-10-6-7-11(9-12(10)15(2)3)20(18,19)14-8-4-5-13(16)17/h6-7,9,14H,4-5,8H2,1-3H3,(H,16,17). The molecule has 6 nitrogen and oxygen atoms in total. The van der Waals surface area contributed by atoms with E-state index in [2.05, 4.69) is 4.72 Å². The number of sulfonamides is 1. The molecular formula is C13H20N2O4S. The number of aliphatic carboxylic acids is 1. The summed E-state index contributed by atoms with van der Waals surface area (Å²) in [5.74, 6) is -0.936. The number of carbonyl (C=O) groups is 1. The van der Waals surface area contributed by atoms with Crippen LogP contribution in [-0.4, -0.2) is 40.1 Å². The molecule has 0 aliphatic heterocycles. The topological polar surface area (TPSA) is 86.7 Å². The molecule has 0 saturated carbocycles. The predicted octanol–water partition coefficient (Wildman–Crippen LogP) is 1.20. The second-order valence-electron chi connectivity index (χ2n) is 4.74. The Kier molecular flexibility index (Phi) is 5.52. The van der Waals surface area contributed by atoms with E-state index in [-0.39, 0.29) is 24.3 Å². The van der Waals surface area contributed by atoms with Crippen molar-refractivity contribution in [2.45, 2.75) is 24.7 Å². The molecule has 20 heavy (non-hydrogen) atoms. The minimum atomic E-state index is -3.60. The maximum absolute atomic E-state index is 12.1. The summed E-state index contributed by atoms with van der Waals surface area (Å²) in [6, 6.07) is 4.90. The molecule has 0 bridgehead atoms. The number of carboxylic acid groups (broad SMARTS) is 1. The van der Waals surface area contributed by atoms with Gasteiger partial charge in [0, 0.05) is 32.7 Å². The van der Waals surface area contributed by atoms with E-state index in [1.807, 2.05) is 25.9 Å². The first kappa shape index (κ1) is 16.5. The third-order valence-corrected chi connectivity index (χ3v) is 4.29. The Morgan fingerprint density at radius 1 is 1.35 bits per heavy atom. The van der Waals surface area contributed by atoms with Gasteiger partial charge >= 0.3 is 5.97 Å². The number of carboxylic acids is 1. The Balaban J connectivity index is 2.82. The van der Waals surface area contributed by atoms with Crippen LogP contribution in [0.4, 0.5) is 5.69 Å². The Hall–Kier alpha value is -1.60. The van der Waals surface area contributed by atoms with E-state index >= 15 is 0 Å². The van der Waals surface area contributed by atoms with Crippen LogP contribution in [0, 0.1) is 6.92 Å². The lowest BCUT2D eigenvalue weighted by molar-refractivity contribution is -0.137. The summed E-state index contributed by atoms with van der Waals surface area (Å²) in [6.45, 7) is 2.02. The quantitative estimate of drug-likeness (QED) is 0.739. The average Bonchev–Trinajstić information content (AvgIpc) is 2.34. The zero-order valence-electron chi connectivity index (χ0n) is 11.9. The number of aryl methyl sites for hydroxylation is 1. The number of anilines is 1. The van der Waals surface area contributed by atoms with E-state index in [1.54, 1.807) is 18.2 Å². The highest BCUT2D eigenvalue weighted by molar-refractivity contribution is 7.89. The van der Waals surface area contributed by atoms with Crippen molar-refractivity contribution >= 4 is 21.7 Å². The molecule has 0 spiro atoms. The van der Waals surface area contributed by atoms with Crippen molar-refractivity contribution in [2.24, 2.45) is 0 Å². The molecule has 1 aromatic rings. The van der Waals surface area contributed by atoms with E-state index in [4.69, 9.17) is 5.11 Å². The molecule has 0 atom stereocenters. The molecule has 0 radical (unpaired) electrons. The Morgan fingerprint density at radius 2 is 2.00 bits per heavy atom. The molecule has 0 fully saturated rings. The van der Waals surface area contributed by atoms with Crippen LogP contribution < -0.4 is 9.62 Å². The largest absolute Gasteiger partial charge is 0.481 e. The molecular weight excluding hydrogens is 280 g/mol. The van der Waals surface area contributed by atoms with Gasteiger partial charge in [-0.3, -0.25) is 4.79 Å². The van der Waals surface area contributed by atoms with E-state index in [9.17, 15) is 13.2 Å². The van der Waals surface area contributed by atoms with Crippen LogP contribution in [0.5, 0.6) is 0 Å². The average molecular weight is 300 g/mol. The summed E-state index contributed by atoms with van der Waals surface area (Å²) < 4.78 is 26.6. The van der Waals surface area contributed by atoms with Crippen LogP contribution in [0.1, 0.15) is 18.4 Å². The number of nitrogens with one attached hydrogen (secondary N) is 1. The molecule has 1 rings (SSSR count). The summed E-state index contributed by atoms with van der Waals surface area (Å²) in [4.78, 5) is 12.4. The normalized spacial score (nSPS) is 11.3. The molecule has 7 heteroatoms. The monoisotopic (exact) mass is 300 g/mol. The lowest BCUT2D eigenvalue weighted by Gasteiger charge is -2.17. The van der Waals surface area contributed by atoms with Crippen LogP contribution in [0.2, 0.25) is 0 Å². The van der Waals surface area contributed by atoms with Gasteiger partial charge in [-0.25, -0.2) is 13.1 Å². The maximum Gasteiger partial charge on any atom is 0.303 e. The van der Waals surface area contributed by atoms with Crippen molar-refractivity contribution in [1.29, 1.82) is 0 Å². The summed E-state index contributed by atoms with van der Waals surface area (Å²) in [5.41, 5.74) is 1.82. The molecule has 0 aliphatic carbocycles. The van der Waals surface area contributed by atoms with Crippen LogP contribution in [0.3, 0.4) is 0 Å². The highest BCUT2D eigenvalue weighted by Crippen LogP contribution is 2.22. The number of nitrogens with zero attached hydrogens (tertiary/aromatic N) is 1. The molecule has 2 N–H and O–H groups in total. The van der Waals surface area contributed by atoms with Crippen molar-refractivity contribution in [3.05, 3.63) is 23.8 Å². The van der Waals surface area contributed by atoms with Gasteiger partial charge < -0.3 is 10.0 Å². The highest BCUT2D eigenvalue weighted by atomic mass is 32.2. The van der Waals surface area contributed by atoms with Crippen LogP contribution in [-0.2, 0) is 14.8 Å². The minimum Gasteiger partial charge on any atom is -0.481 e. The van der Waals surface area contributed by atoms with Crippen molar-refractivity contribution in [3.8, 4) is 0 Å². The fraction of sp³-hybridized carbons (Fsp3) is 0.462. The number of hydrogen-bond donors (Lipinski definition) is 2. The van der Waals surface area contributed by atoms with Gasteiger partial charge in [-0.2, -0.15) is 0 Å².